The van der Waals surface area contributed by atoms with E-state index in [4.69, 9.17) is 9.47 Å². The minimum absolute atomic E-state index is 0.0859. The predicted octanol–water partition coefficient (Wildman–Crippen LogP) is 2.21. The fourth-order valence-electron chi connectivity index (χ4n) is 3.35. The zero-order valence-corrected chi connectivity index (χ0v) is 8.69. The summed E-state index contributed by atoms with van der Waals surface area (Å²) < 4.78 is 11.3. The third-order valence-corrected chi connectivity index (χ3v) is 4.18. The Morgan fingerprint density at radius 2 is 1.64 bits per heavy atom. The summed E-state index contributed by atoms with van der Waals surface area (Å²) in [4.78, 5) is 0. The lowest BCUT2D eigenvalue weighted by Crippen LogP contribution is -2.42. The minimum atomic E-state index is 0.0859. The highest BCUT2D eigenvalue weighted by atomic mass is 16.7. The Kier molecular flexibility index (Phi) is 2.14. The minimum Gasteiger partial charge on any atom is -0.350 e. The van der Waals surface area contributed by atoms with Gasteiger partial charge >= 0.3 is 0 Å². The number of ether oxygens (including phenoxy) is 2. The van der Waals surface area contributed by atoms with Crippen LogP contribution in [0.15, 0.2) is 12.2 Å². The number of rotatable bonds is 1. The van der Waals surface area contributed by atoms with E-state index in [1.165, 1.54) is 12.8 Å². The van der Waals surface area contributed by atoms with E-state index in [0.717, 1.165) is 25.0 Å². The Morgan fingerprint density at radius 3 is 2.21 bits per heavy atom. The van der Waals surface area contributed by atoms with Crippen molar-refractivity contribution in [3.63, 3.8) is 0 Å². The van der Waals surface area contributed by atoms with Crippen molar-refractivity contribution in [3.8, 4) is 0 Å². The summed E-state index contributed by atoms with van der Waals surface area (Å²) in [6, 6.07) is 0. The van der Waals surface area contributed by atoms with Crippen molar-refractivity contribution in [1.29, 1.82) is 0 Å². The molecular formula is C12H18O2. The second kappa shape index (κ2) is 3.35. The van der Waals surface area contributed by atoms with E-state index in [1.807, 2.05) is 0 Å². The molecule has 78 valence electrons. The average molecular weight is 194 g/mol. The first-order valence-corrected chi connectivity index (χ1v) is 5.78. The SMILES string of the molecule is C[C@H]1[C@H](C2OCCO2)[C@@H]2C=C[C@H]1CC2. The first kappa shape index (κ1) is 8.93. The van der Waals surface area contributed by atoms with Crippen LogP contribution >= 0.6 is 0 Å². The Morgan fingerprint density at radius 1 is 1.00 bits per heavy atom. The average Bonchev–Trinajstić information content (AvgIpc) is 2.72. The van der Waals surface area contributed by atoms with Gasteiger partial charge in [0.05, 0.1) is 13.2 Å². The van der Waals surface area contributed by atoms with Gasteiger partial charge in [-0.1, -0.05) is 19.1 Å². The lowest BCUT2D eigenvalue weighted by Gasteiger charge is -2.45. The van der Waals surface area contributed by atoms with E-state index in [-0.39, 0.29) is 6.29 Å². The zero-order chi connectivity index (χ0) is 9.54. The van der Waals surface area contributed by atoms with E-state index >= 15 is 0 Å². The Hall–Kier alpha value is -0.340. The van der Waals surface area contributed by atoms with E-state index in [0.29, 0.717) is 11.8 Å². The molecule has 4 atom stereocenters. The van der Waals surface area contributed by atoms with E-state index in [1.54, 1.807) is 0 Å². The molecule has 0 aromatic carbocycles. The molecular weight excluding hydrogens is 176 g/mol. The third kappa shape index (κ3) is 1.24. The summed E-state index contributed by atoms with van der Waals surface area (Å²) in [5.41, 5.74) is 0. The van der Waals surface area contributed by atoms with Gasteiger partial charge in [0.2, 0.25) is 0 Å². The fraction of sp³-hybridized carbons (Fsp3) is 0.833. The predicted molar refractivity (Wildman–Crippen MR) is 53.7 cm³/mol. The van der Waals surface area contributed by atoms with Gasteiger partial charge in [0.25, 0.3) is 0 Å². The third-order valence-electron chi connectivity index (χ3n) is 4.18. The molecule has 4 rings (SSSR count). The smallest absolute Gasteiger partial charge is 0.161 e. The lowest BCUT2D eigenvalue weighted by atomic mass is 9.63. The first-order chi connectivity index (χ1) is 6.86. The van der Waals surface area contributed by atoms with Crippen LogP contribution in [-0.2, 0) is 9.47 Å². The zero-order valence-electron chi connectivity index (χ0n) is 8.69. The molecule has 2 heteroatoms. The molecule has 14 heavy (non-hydrogen) atoms. The van der Waals surface area contributed by atoms with Crippen LogP contribution in [0.5, 0.6) is 0 Å². The van der Waals surface area contributed by atoms with Crippen molar-refractivity contribution in [2.75, 3.05) is 13.2 Å². The molecule has 0 spiro atoms. The second-order valence-corrected chi connectivity index (χ2v) is 4.84. The molecule has 0 aromatic heterocycles. The molecule has 2 fully saturated rings. The summed E-state index contributed by atoms with van der Waals surface area (Å²) >= 11 is 0. The quantitative estimate of drug-likeness (QED) is 0.596. The molecule has 1 saturated carbocycles. The summed E-state index contributed by atoms with van der Waals surface area (Å²) in [6.45, 7) is 3.93. The Bertz CT molecular complexity index is 243. The number of fused-ring (bicyclic) bond motifs is 2. The standard InChI is InChI=1S/C12H18O2/c1-8-9-2-4-10(5-3-9)11(8)12-13-6-7-14-12/h2,4,8-12H,3,5-7H2,1H3/t8-,9+,10-,11+/m1/s1. The van der Waals surface area contributed by atoms with Gasteiger partial charge in [-0.2, -0.15) is 0 Å². The van der Waals surface area contributed by atoms with Crippen molar-refractivity contribution in [3.05, 3.63) is 12.2 Å². The Balaban J connectivity index is 1.81. The van der Waals surface area contributed by atoms with Gasteiger partial charge in [-0.15, -0.1) is 0 Å². The first-order valence-electron chi connectivity index (χ1n) is 5.78. The van der Waals surface area contributed by atoms with Gasteiger partial charge in [-0.25, -0.2) is 0 Å². The van der Waals surface area contributed by atoms with Crippen molar-refractivity contribution in [1.82, 2.24) is 0 Å². The van der Waals surface area contributed by atoms with Crippen LogP contribution in [0.4, 0.5) is 0 Å². The number of hydrogen-bond acceptors (Lipinski definition) is 2. The molecule has 0 amide bonds. The maximum atomic E-state index is 5.66. The molecule has 0 radical (unpaired) electrons. The molecule has 2 bridgehead atoms. The van der Waals surface area contributed by atoms with E-state index < -0.39 is 0 Å². The molecule has 1 heterocycles. The highest BCUT2D eigenvalue weighted by molar-refractivity contribution is 5.09. The molecule has 2 nitrogen and oxygen atoms in total. The van der Waals surface area contributed by atoms with Crippen LogP contribution in [0.1, 0.15) is 19.8 Å². The summed E-state index contributed by atoms with van der Waals surface area (Å²) in [5, 5.41) is 0. The van der Waals surface area contributed by atoms with Gasteiger partial charge < -0.3 is 9.47 Å². The van der Waals surface area contributed by atoms with Crippen LogP contribution in [0.3, 0.4) is 0 Å². The summed E-state index contributed by atoms with van der Waals surface area (Å²) in [5.74, 6) is 2.83. The van der Waals surface area contributed by atoms with Crippen molar-refractivity contribution in [2.45, 2.75) is 26.1 Å². The number of hydrogen-bond donors (Lipinski definition) is 0. The van der Waals surface area contributed by atoms with Crippen LogP contribution < -0.4 is 0 Å². The van der Waals surface area contributed by atoms with E-state index in [2.05, 4.69) is 19.1 Å². The van der Waals surface area contributed by atoms with Crippen molar-refractivity contribution >= 4 is 0 Å². The molecule has 0 aromatic rings. The maximum Gasteiger partial charge on any atom is 0.161 e. The Labute approximate surface area is 85.3 Å². The highest BCUT2D eigenvalue weighted by Crippen LogP contribution is 2.47. The molecule has 3 aliphatic carbocycles. The van der Waals surface area contributed by atoms with Crippen LogP contribution in [-0.4, -0.2) is 19.5 Å². The normalized spacial score (nSPS) is 47.5. The topological polar surface area (TPSA) is 18.5 Å². The highest BCUT2D eigenvalue weighted by Gasteiger charge is 2.44. The second-order valence-electron chi connectivity index (χ2n) is 4.84. The lowest BCUT2D eigenvalue weighted by molar-refractivity contribution is -0.127. The summed E-state index contributed by atoms with van der Waals surface area (Å²) in [6.07, 6.45) is 7.58. The van der Waals surface area contributed by atoms with Gasteiger partial charge in [-0.05, 0) is 30.6 Å². The summed E-state index contributed by atoms with van der Waals surface area (Å²) in [7, 11) is 0. The van der Waals surface area contributed by atoms with E-state index in [9.17, 15) is 0 Å². The molecule has 0 N–H and O–H groups in total. The molecule has 1 saturated heterocycles. The molecule has 0 unspecified atom stereocenters. The van der Waals surface area contributed by atoms with Crippen LogP contribution in [0.2, 0.25) is 0 Å². The van der Waals surface area contributed by atoms with Gasteiger partial charge in [0.15, 0.2) is 6.29 Å². The van der Waals surface area contributed by atoms with Gasteiger partial charge in [-0.3, -0.25) is 0 Å². The monoisotopic (exact) mass is 194 g/mol. The van der Waals surface area contributed by atoms with Crippen molar-refractivity contribution in [2.24, 2.45) is 23.7 Å². The number of allylic oxidation sites excluding steroid dienone is 2. The maximum absolute atomic E-state index is 5.66. The molecule has 4 aliphatic rings. The van der Waals surface area contributed by atoms with Crippen molar-refractivity contribution < 1.29 is 9.47 Å². The largest absolute Gasteiger partial charge is 0.350 e. The van der Waals surface area contributed by atoms with Gasteiger partial charge in [0.1, 0.15) is 0 Å². The van der Waals surface area contributed by atoms with Crippen LogP contribution in [0, 0.1) is 23.7 Å². The van der Waals surface area contributed by atoms with Crippen LogP contribution in [0.25, 0.3) is 0 Å². The molecule has 1 aliphatic heterocycles. The van der Waals surface area contributed by atoms with Gasteiger partial charge in [0, 0.05) is 5.92 Å². The fourth-order valence-corrected chi connectivity index (χ4v) is 3.35.